The standard InChI is InChI=1S/C9H17N5O2/c1-7(2)9-11-12-13-14(9)6-8(16)10-4-3-5-15/h7,15H,3-6H2,1-2H3,(H,10,16). The zero-order chi connectivity index (χ0) is 12.0. The fourth-order valence-corrected chi connectivity index (χ4v) is 1.24. The Kier molecular flexibility index (Phi) is 4.84. The lowest BCUT2D eigenvalue weighted by Gasteiger charge is -2.07. The number of carbonyl (C=O) groups excluding carboxylic acids is 1. The van der Waals surface area contributed by atoms with Crippen LogP contribution in [-0.2, 0) is 11.3 Å². The summed E-state index contributed by atoms with van der Waals surface area (Å²) >= 11 is 0. The summed E-state index contributed by atoms with van der Waals surface area (Å²) in [5.41, 5.74) is 0. The van der Waals surface area contributed by atoms with Gasteiger partial charge in [0.1, 0.15) is 6.54 Å². The monoisotopic (exact) mass is 227 g/mol. The third kappa shape index (κ3) is 3.58. The summed E-state index contributed by atoms with van der Waals surface area (Å²) in [6.45, 7) is 4.58. The van der Waals surface area contributed by atoms with Gasteiger partial charge in [0, 0.05) is 19.1 Å². The highest BCUT2D eigenvalue weighted by atomic mass is 16.3. The Morgan fingerprint density at radius 1 is 1.56 bits per heavy atom. The number of hydrogen-bond acceptors (Lipinski definition) is 5. The van der Waals surface area contributed by atoms with Crippen molar-refractivity contribution in [2.24, 2.45) is 0 Å². The predicted molar refractivity (Wildman–Crippen MR) is 56.6 cm³/mol. The lowest BCUT2D eigenvalue weighted by atomic mass is 10.2. The number of nitrogens with zero attached hydrogens (tertiary/aromatic N) is 4. The number of tetrazole rings is 1. The molecule has 0 saturated heterocycles. The summed E-state index contributed by atoms with van der Waals surface area (Å²) in [4.78, 5) is 11.5. The Morgan fingerprint density at radius 2 is 2.31 bits per heavy atom. The first-order chi connectivity index (χ1) is 7.65. The minimum atomic E-state index is -0.150. The van der Waals surface area contributed by atoms with Gasteiger partial charge in [0.15, 0.2) is 5.82 Å². The molecule has 0 radical (unpaired) electrons. The molecule has 7 nitrogen and oxygen atoms in total. The summed E-state index contributed by atoms with van der Waals surface area (Å²) in [7, 11) is 0. The van der Waals surface area contributed by atoms with Crippen molar-refractivity contribution in [3.05, 3.63) is 5.82 Å². The number of hydrogen-bond donors (Lipinski definition) is 2. The summed E-state index contributed by atoms with van der Waals surface area (Å²) in [6, 6.07) is 0. The van der Waals surface area contributed by atoms with Gasteiger partial charge in [0.25, 0.3) is 0 Å². The van der Waals surface area contributed by atoms with Crippen LogP contribution in [0.25, 0.3) is 0 Å². The van der Waals surface area contributed by atoms with Crippen molar-refractivity contribution in [2.75, 3.05) is 13.2 Å². The van der Waals surface area contributed by atoms with Crippen molar-refractivity contribution in [2.45, 2.75) is 32.7 Å². The van der Waals surface area contributed by atoms with Crippen molar-refractivity contribution >= 4 is 5.91 Å². The number of carbonyl (C=O) groups is 1. The Labute approximate surface area is 93.8 Å². The molecule has 0 aliphatic heterocycles. The molecule has 0 fully saturated rings. The van der Waals surface area contributed by atoms with E-state index in [2.05, 4.69) is 20.8 Å². The van der Waals surface area contributed by atoms with E-state index in [1.54, 1.807) is 0 Å². The normalized spacial score (nSPS) is 10.8. The SMILES string of the molecule is CC(C)c1nnnn1CC(=O)NCCCO. The Balaban J connectivity index is 2.46. The van der Waals surface area contributed by atoms with Gasteiger partial charge in [0.2, 0.25) is 5.91 Å². The Bertz CT molecular complexity index is 336. The molecular formula is C9H17N5O2. The number of nitrogens with one attached hydrogen (secondary N) is 1. The van der Waals surface area contributed by atoms with E-state index in [1.165, 1.54) is 4.68 Å². The number of aliphatic hydroxyl groups excluding tert-OH is 1. The third-order valence-electron chi connectivity index (χ3n) is 2.03. The Morgan fingerprint density at radius 3 is 2.94 bits per heavy atom. The molecule has 0 aromatic carbocycles. The molecule has 0 aliphatic carbocycles. The van der Waals surface area contributed by atoms with Gasteiger partial charge in [-0.25, -0.2) is 4.68 Å². The second-order valence-corrected chi connectivity index (χ2v) is 3.78. The number of rotatable bonds is 6. The van der Waals surface area contributed by atoms with E-state index >= 15 is 0 Å². The van der Waals surface area contributed by atoms with Crippen LogP contribution in [0.1, 0.15) is 32.0 Å². The molecule has 16 heavy (non-hydrogen) atoms. The average Bonchev–Trinajstić information content (AvgIpc) is 2.66. The second kappa shape index (κ2) is 6.16. The van der Waals surface area contributed by atoms with Gasteiger partial charge in [-0.05, 0) is 16.8 Å². The first kappa shape index (κ1) is 12.6. The number of aliphatic hydroxyl groups is 1. The van der Waals surface area contributed by atoms with E-state index < -0.39 is 0 Å². The topological polar surface area (TPSA) is 92.9 Å². The third-order valence-corrected chi connectivity index (χ3v) is 2.03. The number of aromatic nitrogens is 4. The molecule has 0 atom stereocenters. The first-order valence-electron chi connectivity index (χ1n) is 5.28. The van der Waals surface area contributed by atoms with Crippen LogP contribution in [0.3, 0.4) is 0 Å². The molecule has 1 amide bonds. The molecule has 90 valence electrons. The Hall–Kier alpha value is -1.50. The molecule has 0 aliphatic rings. The van der Waals surface area contributed by atoms with Crippen LogP contribution in [0, 0.1) is 0 Å². The smallest absolute Gasteiger partial charge is 0.241 e. The molecule has 0 saturated carbocycles. The largest absolute Gasteiger partial charge is 0.396 e. The maximum Gasteiger partial charge on any atom is 0.241 e. The minimum absolute atomic E-state index is 0.0718. The van der Waals surface area contributed by atoms with Crippen molar-refractivity contribution < 1.29 is 9.90 Å². The highest BCUT2D eigenvalue weighted by Crippen LogP contribution is 2.08. The van der Waals surface area contributed by atoms with Crippen molar-refractivity contribution in [1.82, 2.24) is 25.5 Å². The summed E-state index contributed by atoms with van der Waals surface area (Å²) < 4.78 is 1.49. The van der Waals surface area contributed by atoms with Gasteiger partial charge < -0.3 is 10.4 Å². The second-order valence-electron chi connectivity index (χ2n) is 3.78. The van der Waals surface area contributed by atoms with Crippen LogP contribution in [0.2, 0.25) is 0 Å². The summed E-state index contributed by atoms with van der Waals surface area (Å²) in [5, 5.41) is 22.4. The van der Waals surface area contributed by atoms with Crippen LogP contribution in [0.4, 0.5) is 0 Å². The molecule has 0 spiro atoms. The van der Waals surface area contributed by atoms with Gasteiger partial charge in [-0.3, -0.25) is 4.79 Å². The fraction of sp³-hybridized carbons (Fsp3) is 0.778. The van der Waals surface area contributed by atoms with Crippen LogP contribution in [-0.4, -0.2) is 44.4 Å². The molecule has 1 aromatic heterocycles. The number of amides is 1. The molecule has 1 rings (SSSR count). The van der Waals surface area contributed by atoms with Crippen molar-refractivity contribution in [3.8, 4) is 0 Å². The van der Waals surface area contributed by atoms with Crippen molar-refractivity contribution in [3.63, 3.8) is 0 Å². The van der Waals surface area contributed by atoms with Gasteiger partial charge in [-0.2, -0.15) is 0 Å². The highest BCUT2D eigenvalue weighted by Gasteiger charge is 2.12. The van der Waals surface area contributed by atoms with Crippen LogP contribution in [0.15, 0.2) is 0 Å². The first-order valence-corrected chi connectivity index (χ1v) is 5.28. The molecular weight excluding hydrogens is 210 g/mol. The maximum absolute atomic E-state index is 11.5. The average molecular weight is 227 g/mol. The molecule has 7 heteroatoms. The molecule has 2 N–H and O–H groups in total. The summed E-state index contributed by atoms with van der Waals surface area (Å²) in [6.07, 6.45) is 0.554. The fourth-order valence-electron chi connectivity index (χ4n) is 1.24. The van der Waals surface area contributed by atoms with E-state index in [0.717, 1.165) is 0 Å². The highest BCUT2D eigenvalue weighted by molar-refractivity contribution is 5.75. The van der Waals surface area contributed by atoms with Crippen LogP contribution >= 0.6 is 0 Å². The van der Waals surface area contributed by atoms with Gasteiger partial charge in [-0.15, -0.1) is 5.10 Å². The van der Waals surface area contributed by atoms with E-state index in [1.807, 2.05) is 13.8 Å². The maximum atomic E-state index is 11.5. The van der Waals surface area contributed by atoms with Gasteiger partial charge >= 0.3 is 0 Å². The van der Waals surface area contributed by atoms with Crippen LogP contribution < -0.4 is 5.32 Å². The van der Waals surface area contributed by atoms with E-state index in [4.69, 9.17) is 5.11 Å². The lowest BCUT2D eigenvalue weighted by molar-refractivity contribution is -0.121. The van der Waals surface area contributed by atoms with E-state index in [-0.39, 0.29) is 25.0 Å². The van der Waals surface area contributed by atoms with Gasteiger partial charge in [-0.1, -0.05) is 13.8 Å². The van der Waals surface area contributed by atoms with Gasteiger partial charge in [0.05, 0.1) is 0 Å². The molecule has 0 unspecified atom stereocenters. The summed E-state index contributed by atoms with van der Waals surface area (Å²) in [5.74, 6) is 0.722. The quantitative estimate of drug-likeness (QED) is 0.626. The van der Waals surface area contributed by atoms with E-state index in [0.29, 0.717) is 18.8 Å². The minimum Gasteiger partial charge on any atom is -0.396 e. The van der Waals surface area contributed by atoms with Crippen LogP contribution in [0.5, 0.6) is 0 Å². The van der Waals surface area contributed by atoms with Crippen molar-refractivity contribution in [1.29, 1.82) is 0 Å². The molecule has 1 aromatic rings. The predicted octanol–water partition coefficient (Wildman–Crippen LogP) is -0.705. The zero-order valence-corrected chi connectivity index (χ0v) is 9.55. The lowest BCUT2D eigenvalue weighted by Crippen LogP contribution is -2.30. The molecule has 0 bridgehead atoms. The molecule has 1 heterocycles. The van der Waals surface area contributed by atoms with E-state index in [9.17, 15) is 4.79 Å². The zero-order valence-electron chi connectivity index (χ0n) is 9.55.